The molecule has 2 heterocycles. The van der Waals surface area contributed by atoms with E-state index in [-0.39, 0.29) is 0 Å². The number of fused-ring (bicyclic) bond motifs is 1. The van der Waals surface area contributed by atoms with Crippen molar-refractivity contribution >= 4 is 16.8 Å². The Balaban J connectivity index is 2.11. The summed E-state index contributed by atoms with van der Waals surface area (Å²) in [5, 5.41) is 4.36. The molecule has 3 rings (SSSR count). The van der Waals surface area contributed by atoms with Crippen molar-refractivity contribution in [2.75, 3.05) is 11.9 Å². The SMILES string of the molecule is CCNc1cc(-c2ccc3occ(C)c3c2)nc(C)n1. The van der Waals surface area contributed by atoms with E-state index in [1.165, 1.54) is 0 Å². The van der Waals surface area contributed by atoms with Crippen LogP contribution in [0, 0.1) is 13.8 Å². The monoisotopic (exact) mass is 267 g/mol. The second-order valence-electron chi connectivity index (χ2n) is 4.85. The van der Waals surface area contributed by atoms with E-state index in [1.807, 2.05) is 32.0 Å². The Kier molecular flexibility index (Phi) is 3.14. The lowest BCUT2D eigenvalue weighted by Crippen LogP contribution is -2.02. The zero-order chi connectivity index (χ0) is 14.1. The maximum atomic E-state index is 5.48. The van der Waals surface area contributed by atoms with Crippen molar-refractivity contribution < 1.29 is 4.42 Å². The number of aryl methyl sites for hydroxylation is 2. The summed E-state index contributed by atoms with van der Waals surface area (Å²) in [6.07, 6.45) is 1.78. The molecule has 0 aliphatic rings. The Hall–Kier alpha value is -2.36. The Morgan fingerprint density at radius 1 is 1.15 bits per heavy atom. The molecule has 1 aromatic carbocycles. The highest BCUT2D eigenvalue weighted by molar-refractivity contribution is 5.85. The Morgan fingerprint density at radius 2 is 2.00 bits per heavy atom. The normalized spacial score (nSPS) is 10.9. The topological polar surface area (TPSA) is 51.0 Å². The number of hydrogen-bond donors (Lipinski definition) is 1. The number of furan rings is 1. The van der Waals surface area contributed by atoms with Crippen LogP contribution in [0.5, 0.6) is 0 Å². The number of anilines is 1. The molecule has 0 unspecified atom stereocenters. The van der Waals surface area contributed by atoms with E-state index in [0.717, 1.165) is 46.0 Å². The fourth-order valence-corrected chi connectivity index (χ4v) is 2.30. The molecule has 102 valence electrons. The van der Waals surface area contributed by atoms with Gasteiger partial charge in [-0.05, 0) is 44.5 Å². The molecule has 3 aromatic rings. The van der Waals surface area contributed by atoms with Crippen LogP contribution in [-0.2, 0) is 0 Å². The lowest BCUT2D eigenvalue weighted by molar-refractivity contribution is 0.613. The van der Waals surface area contributed by atoms with E-state index >= 15 is 0 Å². The van der Waals surface area contributed by atoms with Gasteiger partial charge in [0.1, 0.15) is 17.2 Å². The maximum Gasteiger partial charge on any atom is 0.134 e. The predicted octanol–water partition coefficient (Wildman–Crippen LogP) is 3.94. The molecule has 0 radical (unpaired) electrons. The minimum Gasteiger partial charge on any atom is -0.464 e. The van der Waals surface area contributed by atoms with Crippen LogP contribution in [0.25, 0.3) is 22.2 Å². The third-order valence-corrected chi connectivity index (χ3v) is 3.26. The fraction of sp³-hybridized carbons (Fsp3) is 0.250. The molecule has 0 bridgehead atoms. The molecular formula is C16H17N3O. The lowest BCUT2D eigenvalue weighted by Gasteiger charge is -2.07. The molecule has 0 amide bonds. The second-order valence-corrected chi connectivity index (χ2v) is 4.85. The molecule has 4 nitrogen and oxygen atoms in total. The van der Waals surface area contributed by atoms with E-state index in [9.17, 15) is 0 Å². The van der Waals surface area contributed by atoms with Gasteiger partial charge >= 0.3 is 0 Å². The maximum absolute atomic E-state index is 5.48. The minimum atomic E-state index is 0.766. The van der Waals surface area contributed by atoms with Gasteiger partial charge in [0.05, 0.1) is 12.0 Å². The van der Waals surface area contributed by atoms with Crippen molar-refractivity contribution in [2.45, 2.75) is 20.8 Å². The largest absolute Gasteiger partial charge is 0.464 e. The summed E-state index contributed by atoms with van der Waals surface area (Å²) in [5.41, 5.74) is 4.05. The molecule has 0 atom stereocenters. The number of hydrogen-bond acceptors (Lipinski definition) is 4. The van der Waals surface area contributed by atoms with Gasteiger partial charge < -0.3 is 9.73 Å². The van der Waals surface area contributed by atoms with Crippen LogP contribution >= 0.6 is 0 Å². The third-order valence-electron chi connectivity index (χ3n) is 3.26. The van der Waals surface area contributed by atoms with Crippen LogP contribution in [0.1, 0.15) is 18.3 Å². The molecular weight excluding hydrogens is 250 g/mol. The molecule has 20 heavy (non-hydrogen) atoms. The first-order valence-corrected chi connectivity index (χ1v) is 6.75. The Bertz CT molecular complexity index is 762. The van der Waals surface area contributed by atoms with Crippen LogP contribution in [0.15, 0.2) is 34.9 Å². The zero-order valence-electron chi connectivity index (χ0n) is 11.9. The van der Waals surface area contributed by atoms with Gasteiger partial charge in [0.15, 0.2) is 0 Å². The van der Waals surface area contributed by atoms with Crippen molar-refractivity contribution in [1.29, 1.82) is 0 Å². The standard InChI is InChI=1S/C16H17N3O/c1-4-17-16-8-14(18-11(3)19-16)12-5-6-15-13(7-12)10(2)9-20-15/h5-9H,4H2,1-3H3,(H,17,18,19). The number of nitrogens with zero attached hydrogens (tertiary/aromatic N) is 2. The fourth-order valence-electron chi connectivity index (χ4n) is 2.30. The van der Waals surface area contributed by atoms with Crippen molar-refractivity contribution in [3.63, 3.8) is 0 Å². The van der Waals surface area contributed by atoms with E-state index in [2.05, 4.69) is 28.3 Å². The van der Waals surface area contributed by atoms with Gasteiger partial charge in [-0.2, -0.15) is 0 Å². The molecule has 0 spiro atoms. The molecule has 0 fully saturated rings. The summed E-state index contributed by atoms with van der Waals surface area (Å²) in [6.45, 7) is 6.85. The quantitative estimate of drug-likeness (QED) is 0.781. The van der Waals surface area contributed by atoms with E-state index < -0.39 is 0 Å². The summed E-state index contributed by atoms with van der Waals surface area (Å²) in [6, 6.07) is 8.11. The van der Waals surface area contributed by atoms with Gasteiger partial charge in [0.2, 0.25) is 0 Å². The highest BCUT2D eigenvalue weighted by Crippen LogP contribution is 2.27. The highest BCUT2D eigenvalue weighted by Gasteiger charge is 2.08. The summed E-state index contributed by atoms with van der Waals surface area (Å²) >= 11 is 0. The molecule has 0 saturated carbocycles. The molecule has 1 N–H and O–H groups in total. The number of nitrogens with one attached hydrogen (secondary N) is 1. The van der Waals surface area contributed by atoms with Gasteiger partial charge in [-0.1, -0.05) is 0 Å². The predicted molar refractivity (Wildman–Crippen MR) is 80.9 cm³/mol. The Morgan fingerprint density at radius 3 is 2.80 bits per heavy atom. The highest BCUT2D eigenvalue weighted by atomic mass is 16.3. The van der Waals surface area contributed by atoms with E-state index in [4.69, 9.17) is 4.42 Å². The summed E-state index contributed by atoms with van der Waals surface area (Å²) in [7, 11) is 0. The average molecular weight is 267 g/mol. The zero-order valence-corrected chi connectivity index (χ0v) is 11.9. The minimum absolute atomic E-state index is 0.766. The van der Waals surface area contributed by atoms with Crippen LogP contribution in [0.3, 0.4) is 0 Å². The van der Waals surface area contributed by atoms with Crippen LogP contribution < -0.4 is 5.32 Å². The van der Waals surface area contributed by atoms with Gasteiger partial charge in [0, 0.05) is 23.6 Å². The summed E-state index contributed by atoms with van der Waals surface area (Å²) in [5.74, 6) is 1.63. The first-order valence-electron chi connectivity index (χ1n) is 6.75. The molecule has 0 aliphatic carbocycles. The first kappa shape index (κ1) is 12.7. The molecule has 4 heteroatoms. The van der Waals surface area contributed by atoms with Crippen molar-refractivity contribution in [1.82, 2.24) is 9.97 Å². The third kappa shape index (κ3) is 2.25. The summed E-state index contributed by atoms with van der Waals surface area (Å²) in [4.78, 5) is 8.90. The van der Waals surface area contributed by atoms with Gasteiger partial charge in [-0.3, -0.25) is 0 Å². The average Bonchev–Trinajstić information content (AvgIpc) is 2.80. The van der Waals surface area contributed by atoms with Gasteiger partial charge in [-0.25, -0.2) is 9.97 Å². The molecule has 0 aliphatic heterocycles. The summed E-state index contributed by atoms with van der Waals surface area (Å²) < 4.78 is 5.48. The van der Waals surface area contributed by atoms with E-state index in [1.54, 1.807) is 6.26 Å². The second kappa shape index (κ2) is 4.96. The first-order chi connectivity index (χ1) is 9.67. The molecule has 0 saturated heterocycles. The lowest BCUT2D eigenvalue weighted by atomic mass is 10.1. The number of benzene rings is 1. The van der Waals surface area contributed by atoms with Crippen LogP contribution in [0.4, 0.5) is 5.82 Å². The van der Waals surface area contributed by atoms with Gasteiger partial charge in [-0.15, -0.1) is 0 Å². The van der Waals surface area contributed by atoms with Crippen LogP contribution in [-0.4, -0.2) is 16.5 Å². The smallest absolute Gasteiger partial charge is 0.134 e. The van der Waals surface area contributed by atoms with Crippen molar-refractivity contribution in [3.8, 4) is 11.3 Å². The van der Waals surface area contributed by atoms with Crippen molar-refractivity contribution in [3.05, 3.63) is 41.9 Å². The van der Waals surface area contributed by atoms with E-state index in [0.29, 0.717) is 0 Å². The number of aromatic nitrogens is 2. The van der Waals surface area contributed by atoms with Gasteiger partial charge in [0.25, 0.3) is 0 Å². The van der Waals surface area contributed by atoms with Crippen LogP contribution in [0.2, 0.25) is 0 Å². The molecule has 2 aromatic heterocycles. The van der Waals surface area contributed by atoms with Crippen molar-refractivity contribution in [2.24, 2.45) is 0 Å². The Labute approximate surface area is 117 Å². The number of rotatable bonds is 3.